The highest BCUT2D eigenvalue weighted by Crippen LogP contribution is 2.33. The van der Waals surface area contributed by atoms with Crippen molar-refractivity contribution in [2.75, 3.05) is 20.1 Å². The maximum atomic E-state index is 2.56. The van der Waals surface area contributed by atoms with E-state index in [2.05, 4.69) is 47.2 Å². The fourth-order valence-corrected chi connectivity index (χ4v) is 2.55. The topological polar surface area (TPSA) is 6.25 Å². The Labute approximate surface area is 85.1 Å². The monoisotopic (exact) mass is 188 g/mol. The summed E-state index contributed by atoms with van der Waals surface area (Å²) < 4.78 is 0. The minimum absolute atomic E-state index is 0.860. The molecular formula is C12H16N2. The van der Waals surface area contributed by atoms with Crippen molar-refractivity contribution in [3.05, 3.63) is 35.9 Å². The summed E-state index contributed by atoms with van der Waals surface area (Å²) in [5.41, 5.74) is 1.44. The zero-order chi connectivity index (χ0) is 9.54. The van der Waals surface area contributed by atoms with Crippen LogP contribution in [-0.4, -0.2) is 42.0 Å². The van der Waals surface area contributed by atoms with Crippen LogP contribution in [0.15, 0.2) is 30.3 Å². The maximum absolute atomic E-state index is 2.56. The summed E-state index contributed by atoms with van der Waals surface area (Å²) in [6.07, 6.45) is 0. The molecule has 1 aromatic carbocycles. The van der Waals surface area contributed by atoms with Crippen molar-refractivity contribution in [3.63, 3.8) is 0 Å². The van der Waals surface area contributed by atoms with Gasteiger partial charge in [0.05, 0.1) is 0 Å². The molecule has 2 aliphatic rings. The number of nitrogens with zero attached hydrogens (tertiary/aromatic N) is 2. The van der Waals surface area contributed by atoms with Crippen LogP contribution in [0, 0.1) is 0 Å². The summed E-state index contributed by atoms with van der Waals surface area (Å²) in [4.78, 5) is 5.03. The average Bonchev–Trinajstić information content (AvgIpc) is 2.65. The van der Waals surface area contributed by atoms with Crippen LogP contribution in [0.4, 0.5) is 0 Å². The van der Waals surface area contributed by atoms with E-state index in [-0.39, 0.29) is 0 Å². The van der Waals surface area contributed by atoms with Crippen molar-refractivity contribution >= 4 is 0 Å². The Hall–Kier alpha value is -0.860. The summed E-state index contributed by atoms with van der Waals surface area (Å²) in [6.45, 7) is 3.65. The first-order chi connectivity index (χ1) is 6.84. The second kappa shape index (κ2) is 3.07. The SMILES string of the molecule is CN1[C@@H]2CN(Cc3ccccc3)C[C@H]21. The van der Waals surface area contributed by atoms with Gasteiger partial charge in [0.1, 0.15) is 0 Å². The highest BCUT2D eigenvalue weighted by molar-refractivity contribution is 5.16. The Kier molecular flexibility index (Phi) is 1.85. The molecule has 2 heteroatoms. The molecule has 0 aromatic heterocycles. The normalized spacial score (nSPS) is 35.6. The van der Waals surface area contributed by atoms with Crippen LogP contribution in [-0.2, 0) is 6.54 Å². The fraction of sp³-hybridized carbons (Fsp3) is 0.500. The smallest absolute Gasteiger partial charge is 0.0392 e. The summed E-state index contributed by atoms with van der Waals surface area (Å²) in [7, 11) is 2.23. The highest BCUT2D eigenvalue weighted by atomic mass is 15.4. The fourth-order valence-electron chi connectivity index (χ4n) is 2.55. The number of benzene rings is 1. The molecule has 0 radical (unpaired) electrons. The number of likely N-dealkylation sites (N-methyl/N-ethyl adjacent to an activating group) is 1. The van der Waals surface area contributed by atoms with Gasteiger partial charge in [-0.2, -0.15) is 0 Å². The van der Waals surface area contributed by atoms with E-state index < -0.39 is 0 Å². The Morgan fingerprint density at radius 1 is 1.14 bits per heavy atom. The van der Waals surface area contributed by atoms with E-state index in [4.69, 9.17) is 0 Å². The van der Waals surface area contributed by atoms with E-state index >= 15 is 0 Å². The third-order valence-electron chi connectivity index (χ3n) is 3.54. The van der Waals surface area contributed by atoms with E-state index in [1.165, 1.54) is 18.7 Å². The van der Waals surface area contributed by atoms with Gasteiger partial charge in [0.25, 0.3) is 0 Å². The number of hydrogen-bond donors (Lipinski definition) is 0. The predicted octanol–water partition coefficient (Wildman–Crippen LogP) is 1.18. The first kappa shape index (κ1) is 8.45. The standard InChI is InChI=1S/C12H16N2/c1-13-11-8-14(9-12(11)13)7-10-5-3-2-4-6-10/h2-6,11-12H,7-9H2,1H3/t11-,12-/m1/s1. The molecule has 1 aromatic rings. The van der Waals surface area contributed by atoms with Crippen LogP contribution >= 0.6 is 0 Å². The molecule has 0 aliphatic carbocycles. The van der Waals surface area contributed by atoms with Gasteiger partial charge in [-0.15, -0.1) is 0 Å². The number of likely N-dealkylation sites (tertiary alicyclic amines) is 1. The van der Waals surface area contributed by atoms with Gasteiger partial charge in [-0.25, -0.2) is 0 Å². The summed E-state index contributed by atoms with van der Waals surface area (Å²) >= 11 is 0. The van der Waals surface area contributed by atoms with Crippen molar-refractivity contribution in [1.29, 1.82) is 0 Å². The molecule has 0 amide bonds. The van der Waals surface area contributed by atoms with Crippen molar-refractivity contribution in [1.82, 2.24) is 9.80 Å². The van der Waals surface area contributed by atoms with Crippen LogP contribution in [0.25, 0.3) is 0 Å². The summed E-state index contributed by atoms with van der Waals surface area (Å²) in [5, 5.41) is 0. The van der Waals surface area contributed by atoms with E-state index in [0.29, 0.717) is 0 Å². The first-order valence-electron chi connectivity index (χ1n) is 5.33. The van der Waals surface area contributed by atoms with Gasteiger partial charge < -0.3 is 0 Å². The van der Waals surface area contributed by atoms with Gasteiger partial charge in [-0.3, -0.25) is 9.80 Å². The highest BCUT2D eigenvalue weighted by Gasteiger charge is 2.50. The van der Waals surface area contributed by atoms with Crippen LogP contribution in [0.1, 0.15) is 5.56 Å². The summed E-state index contributed by atoms with van der Waals surface area (Å²) in [6, 6.07) is 12.5. The van der Waals surface area contributed by atoms with Crippen LogP contribution in [0.2, 0.25) is 0 Å². The number of piperazine rings is 1. The van der Waals surface area contributed by atoms with E-state index in [1.54, 1.807) is 0 Å². The first-order valence-corrected chi connectivity index (χ1v) is 5.33. The molecule has 0 saturated carbocycles. The molecule has 74 valence electrons. The molecule has 2 fully saturated rings. The zero-order valence-electron chi connectivity index (χ0n) is 8.56. The van der Waals surface area contributed by atoms with Crippen molar-refractivity contribution in [3.8, 4) is 0 Å². The third-order valence-corrected chi connectivity index (χ3v) is 3.54. The molecule has 14 heavy (non-hydrogen) atoms. The molecule has 2 atom stereocenters. The van der Waals surface area contributed by atoms with Gasteiger partial charge in [0, 0.05) is 31.7 Å². The molecule has 0 unspecified atom stereocenters. The lowest BCUT2D eigenvalue weighted by atomic mass is 10.2. The third kappa shape index (κ3) is 1.35. The van der Waals surface area contributed by atoms with Crippen LogP contribution < -0.4 is 0 Å². The van der Waals surface area contributed by atoms with E-state index in [0.717, 1.165) is 18.6 Å². The largest absolute Gasteiger partial charge is 0.296 e. The molecule has 2 saturated heterocycles. The Bertz CT molecular complexity index is 310. The molecule has 2 aliphatic heterocycles. The molecule has 0 N–H and O–H groups in total. The molecule has 0 spiro atoms. The van der Waals surface area contributed by atoms with Crippen LogP contribution in [0.3, 0.4) is 0 Å². The second-order valence-corrected chi connectivity index (χ2v) is 4.48. The van der Waals surface area contributed by atoms with Gasteiger partial charge in [0.15, 0.2) is 0 Å². The molecule has 0 bridgehead atoms. The number of fused-ring (bicyclic) bond motifs is 1. The number of hydrogen-bond acceptors (Lipinski definition) is 2. The molecular weight excluding hydrogens is 172 g/mol. The predicted molar refractivity (Wildman–Crippen MR) is 57.1 cm³/mol. The molecule has 2 heterocycles. The van der Waals surface area contributed by atoms with Gasteiger partial charge in [0.2, 0.25) is 0 Å². The van der Waals surface area contributed by atoms with Gasteiger partial charge in [-0.05, 0) is 12.6 Å². The Morgan fingerprint density at radius 2 is 1.79 bits per heavy atom. The minimum Gasteiger partial charge on any atom is -0.296 e. The zero-order valence-corrected chi connectivity index (χ0v) is 8.56. The number of rotatable bonds is 2. The van der Waals surface area contributed by atoms with Gasteiger partial charge in [-0.1, -0.05) is 30.3 Å². The summed E-state index contributed by atoms with van der Waals surface area (Å²) in [5.74, 6) is 0. The van der Waals surface area contributed by atoms with Crippen molar-refractivity contribution in [2.45, 2.75) is 18.6 Å². The molecule has 3 rings (SSSR count). The minimum atomic E-state index is 0.860. The second-order valence-electron chi connectivity index (χ2n) is 4.48. The van der Waals surface area contributed by atoms with Gasteiger partial charge >= 0.3 is 0 Å². The molecule has 2 nitrogen and oxygen atoms in total. The lowest BCUT2D eigenvalue weighted by Gasteiger charge is -2.18. The maximum Gasteiger partial charge on any atom is 0.0392 e. The lowest BCUT2D eigenvalue weighted by molar-refractivity contribution is 0.264. The van der Waals surface area contributed by atoms with Crippen LogP contribution in [0.5, 0.6) is 0 Å². The van der Waals surface area contributed by atoms with E-state index in [1.807, 2.05) is 0 Å². The van der Waals surface area contributed by atoms with Crippen molar-refractivity contribution in [2.24, 2.45) is 0 Å². The Balaban J connectivity index is 1.60. The van der Waals surface area contributed by atoms with Crippen molar-refractivity contribution < 1.29 is 0 Å². The Morgan fingerprint density at radius 3 is 2.43 bits per heavy atom. The quantitative estimate of drug-likeness (QED) is 0.643. The average molecular weight is 188 g/mol. The lowest BCUT2D eigenvalue weighted by Crippen LogP contribution is -2.27. The van der Waals surface area contributed by atoms with E-state index in [9.17, 15) is 0 Å².